The predicted octanol–water partition coefficient (Wildman–Crippen LogP) is 2.33. The van der Waals surface area contributed by atoms with Gasteiger partial charge in [0, 0.05) is 12.1 Å². The number of rotatable bonds is 7. The first kappa shape index (κ1) is 17.7. The highest BCUT2D eigenvalue weighted by Gasteiger charge is 2.32. The first-order valence-corrected chi connectivity index (χ1v) is 7.50. The standard InChI is InChI=1S/C14H28F3N3/c1-12(2)19(3)8-4-7-18-13-5-9-20(10-6-13)11-14(15,16)17/h12-13,18H,4-11H2,1-3H3. The third kappa shape index (κ3) is 7.45. The maximum atomic E-state index is 12.3. The van der Waals surface area contributed by atoms with Crippen LogP contribution in [0.25, 0.3) is 0 Å². The average Bonchev–Trinajstić information content (AvgIpc) is 2.34. The molecule has 0 saturated carbocycles. The highest BCUT2D eigenvalue weighted by Crippen LogP contribution is 2.19. The lowest BCUT2D eigenvalue weighted by Crippen LogP contribution is -2.46. The highest BCUT2D eigenvalue weighted by atomic mass is 19.4. The summed E-state index contributed by atoms with van der Waals surface area (Å²) < 4.78 is 36.8. The maximum absolute atomic E-state index is 12.3. The van der Waals surface area contributed by atoms with Crippen LogP contribution in [0, 0.1) is 0 Å². The summed E-state index contributed by atoms with van der Waals surface area (Å²) in [4.78, 5) is 3.80. The molecule has 1 saturated heterocycles. The number of hydrogen-bond acceptors (Lipinski definition) is 3. The number of alkyl halides is 3. The number of nitrogens with one attached hydrogen (secondary N) is 1. The molecule has 0 amide bonds. The van der Waals surface area contributed by atoms with Gasteiger partial charge in [0.1, 0.15) is 0 Å². The van der Waals surface area contributed by atoms with Gasteiger partial charge in [0.15, 0.2) is 0 Å². The number of likely N-dealkylation sites (tertiary alicyclic amines) is 1. The minimum absolute atomic E-state index is 0.379. The van der Waals surface area contributed by atoms with Gasteiger partial charge >= 0.3 is 6.18 Å². The monoisotopic (exact) mass is 295 g/mol. The molecule has 0 spiro atoms. The fraction of sp³-hybridized carbons (Fsp3) is 1.00. The van der Waals surface area contributed by atoms with Crippen LogP contribution in [-0.4, -0.2) is 67.8 Å². The van der Waals surface area contributed by atoms with Gasteiger partial charge in [-0.15, -0.1) is 0 Å². The van der Waals surface area contributed by atoms with Gasteiger partial charge in [0.05, 0.1) is 6.54 Å². The second-order valence-electron chi connectivity index (χ2n) is 6.05. The predicted molar refractivity (Wildman–Crippen MR) is 75.9 cm³/mol. The van der Waals surface area contributed by atoms with Crippen LogP contribution in [0.15, 0.2) is 0 Å². The fourth-order valence-electron chi connectivity index (χ4n) is 2.44. The molecule has 1 aliphatic heterocycles. The van der Waals surface area contributed by atoms with Crippen molar-refractivity contribution in [1.29, 1.82) is 0 Å². The van der Waals surface area contributed by atoms with Crippen molar-refractivity contribution in [3.05, 3.63) is 0 Å². The first-order chi connectivity index (χ1) is 9.28. The molecule has 0 atom stereocenters. The third-order valence-electron chi connectivity index (χ3n) is 3.99. The van der Waals surface area contributed by atoms with Gasteiger partial charge < -0.3 is 10.2 Å². The molecule has 0 radical (unpaired) electrons. The Hall–Kier alpha value is -0.330. The summed E-state index contributed by atoms with van der Waals surface area (Å²) in [5.41, 5.74) is 0. The minimum Gasteiger partial charge on any atom is -0.314 e. The molecule has 0 aromatic carbocycles. The van der Waals surface area contributed by atoms with Gasteiger partial charge in [0.25, 0.3) is 0 Å². The lowest BCUT2D eigenvalue weighted by atomic mass is 10.0. The number of nitrogens with zero attached hydrogens (tertiary/aromatic N) is 2. The largest absolute Gasteiger partial charge is 0.401 e. The summed E-state index contributed by atoms with van der Waals surface area (Å²) in [6, 6.07) is 0.935. The van der Waals surface area contributed by atoms with Gasteiger partial charge in [-0.3, -0.25) is 4.90 Å². The lowest BCUT2D eigenvalue weighted by molar-refractivity contribution is -0.148. The Morgan fingerprint density at radius 1 is 1.25 bits per heavy atom. The van der Waals surface area contributed by atoms with E-state index in [1.807, 2.05) is 0 Å². The van der Waals surface area contributed by atoms with E-state index in [4.69, 9.17) is 0 Å². The summed E-state index contributed by atoms with van der Waals surface area (Å²) in [6.45, 7) is 6.66. The van der Waals surface area contributed by atoms with Crippen LogP contribution in [-0.2, 0) is 0 Å². The number of piperidine rings is 1. The van der Waals surface area contributed by atoms with Crippen LogP contribution in [0.3, 0.4) is 0 Å². The summed E-state index contributed by atoms with van der Waals surface area (Å²) in [5, 5.41) is 3.46. The van der Waals surface area contributed by atoms with Crippen molar-refractivity contribution >= 4 is 0 Å². The van der Waals surface area contributed by atoms with Crippen LogP contribution in [0.1, 0.15) is 33.1 Å². The zero-order valence-corrected chi connectivity index (χ0v) is 12.8. The molecule has 3 nitrogen and oxygen atoms in total. The van der Waals surface area contributed by atoms with Crippen molar-refractivity contribution in [3.8, 4) is 0 Å². The Bertz CT molecular complexity index is 261. The molecule has 1 N–H and O–H groups in total. The molecule has 0 bridgehead atoms. The Balaban J connectivity index is 2.08. The van der Waals surface area contributed by atoms with E-state index in [2.05, 4.69) is 31.1 Å². The second kappa shape index (κ2) is 8.20. The van der Waals surface area contributed by atoms with Crippen molar-refractivity contribution in [2.45, 2.75) is 51.4 Å². The third-order valence-corrected chi connectivity index (χ3v) is 3.99. The van der Waals surface area contributed by atoms with Gasteiger partial charge in [-0.1, -0.05) is 0 Å². The molecule has 1 rings (SSSR count). The number of hydrogen-bond donors (Lipinski definition) is 1. The minimum atomic E-state index is -4.07. The summed E-state index contributed by atoms with van der Waals surface area (Å²) in [5.74, 6) is 0. The van der Waals surface area contributed by atoms with Crippen molar-refractivity contribution in [1.82, 2.24) is 15.1 Å². The van der Waals surface area contributed by atoms with Crippen molar-refractivity contribution in [2.75, 3.05) is 39.8 Å². The van der Waals surface area contributed by atoms with Crippen LogP contribution < -0.4 is 5.32 Å². The molecule has 0 unspecified atom stereocenters. The van der Waals surface area contributed by atoms with E-state index in [0.717, 1.165) is 32.4 Å². The second-order valence-corrected chi connectivity index (χ2v) is 6.05. The van der Waals surface area contributed by atoms with Crippen LogP contribution >= 0.6 is 0 Å². The average molecular weight is 295 g/mol. The Morgan fingerprint density at radius 2 is 1.85 bits per heavy atom. The molecule has 1 aliphatic rings. The van der Waals surface area contributed by atoms with E-state index in [1.165, 1.54) is 4.90 Å². The summed E-state index contributed by atoms with van der Waals surface area (Å²) >= 11 is 0. The van der Waals surface area contributed by atoms with Gasteiger partial charge in [-0.05, 0) is 66.3 Å². The summed E-state index contributed by atoms with van der Waals surface area (Å²) in [7, 11) is 2.11. The SMILES string of the molecule is CC(C)N(C)CCCNC1CCN(CC(F)(F)F)CC1. The Morgan fingerprint density at radius 3 is 2.35 bits per heavy atom. The van der Waals surface area contributed by atoms with Crippen molar-refractivity contribution < 1.29 is 13.2 Å². The topological polar surface area (TPSA) is 18.5 Å². The molecule has 20 heavy (non-hydrogen) atoms. The van der Waals surface area contributed by atoms with Crippen LogP contribution in [0.4, 0.5) is 13.2 Å². The van der Waals surface area contributed by atoms with E-state index in [-0.39, 0.29) is 0 Å². The van der Waals surface area contributed by atoms with Crippen molar-refractivity contribution in [2.24, 2.45) is 0 Å². The van der Waals surface area contributed by atoms with Gasteiger partial charge in [-0.2, -0.15) is 13.2 Å². The maximum Gasteiger partial charge on any atom is 0.401 e. The van der Waals surface area contributed by atoms with Crippen LogP contribution in [0.5, 0.6) is 0 Å². The van der Waals surface area contributed by atoms with E-state index in [9.17, 15) is 13.2 Å². The van der Waals surface area contributed by atoms with E-state index in [0.29, 0.717) is 25.2 Å². The molecular weight excluding hydrogens is 267 g/mol. The smallest absolute Gasteiger partial charge is 0.314 e. The normalized spacial score (nSPS) is 19.2. The van der Waals surface area contributed by atoms with Crippen molar-refractivity contribution in [3.63, 3.8) is 0 Å². The highest BCUT2D eigenvalue weighted by molar-refractivity contribution is 4.78. The van der Waals surface area contributed by atoms with E-state index in [1.54, 1.807) is 0 Å². The van der Waals surface area contributed by atoms with Crippen LogP contribution in [0.2, 0.25) is 0 Å². The zero-order chi connectivity index (χ0) is 15.2. The zero-order valence-electron chi connectivity index (χ0n) is 12.8. The molecule has 120 valence electrons. The Kier molecular flexibility index (Phi) is 7.26. The number of halogens is 3. The quantitative estimate of drug-likeness (QED) is 0.727. The fourth-order valence-corrected chi connectivity index (χ4v) is 2.44. The molecule has 6 heteroatoms. The van der Waals surface area contributed by atoms with Gasteiger partial charge in [-0.25, -0.2) is 0 Å². The lowest BCUT2D eigenvalue weighted by Gasteiger charge is -2.33. The molecule has 0 aromatic rings. The van der Waals surface area contributed by atoms with E-state index < -0.39 is 12.7 Å². The molecule has 0 aromatic heterocycles. The van der Waals surface area contributed by atoms with E-state index >= 15 is 0 Å². The molecule has 1 heterocycles. The van der Waals surface area contributed by atoms with Gasteiger partial charge in [0.2, 0.25) is 0 Å². The molecule has 0 aliphatic carbocycles. The first-order valence-electron chi connectivity index (χ1n) is 7.50. The molecular formula is C14H28F3N3. The molecule has 1 fully saturated rings. The Labute approximate surface area is 120 Å². The summed E-state index contributed by atoms with van der Waals surface area (Å²) in [6.07, 6.45) is -1.36.